The number of nitrogens with zero attached hydrogens (tertiary/aromatic N) is 1. The van der Waals surface area contributed by atoms with E-state index in [1.165, 1.54) is 12.1 Å². The van der Waals surface area contributed by atoms with Crippen LogP contribution >= 0.6 is 0 Å². The van der Waals surface area contributed by atoms with Gasteiger partial charge in [0, 0.05) is 29.4 Å². The number of nitrogens with one attached hydrogen (secondary N) is 1. The summed E-state index contributed by atoms with van der Waals surface area (Å²) in [6, 6.07) is 16.5. The van der Waals surface area contributed by atoms with E-state index in [0.29, 0.717) is 22.5 Å². The lowest BCUT2D eigenvalue weighted by molar-refractivity contribution is 0.0857. The molecule has 5 nitrogen and oxygen atoms in total. The van der Waals surface area contributed by atoms with Gasteiger partial charge < -0.3 is 15.8 Å². The summed E-state index contributed by atoms with van der Waals surface area (Å²) in [5.74, 6) is -1.05. The third-order valence-corrected chi connectivity index (χ3v) is 7.11. The first-order valence-electron chi connectivity index (χ1n) is 11.9. The quantitative estimate of drug-likeness (QED) is 0.355. The molecule has 7 heteroatoms. The molecule has 0 spiro atoms. The van der Waals surface area contributed by atoms with Gasteiger partial charge in [-0.2, -0.15) is 0 Å². The van der Waals surface area contributed by atoms with E-state index in [2.05, 4.69) is 16.9 Å². The predicted octanol–water partition coefficient (Wildman–Crippen LogP) is 6.01. The lowest BCUT2D eigenvalue weighted by atomic mass is 9.83. The van der Waals surface area contributed by atoms with Gasteiger partial charge in [0.25, 0.3) is 5.91 Å². The van der Waals surface area contributed by atoms with Crippen molar-refractivity contribution in [2.24, 2.45) is 0 Å². The molecule has 0 saturated heterocycles. The molecular weight excluding hydrogens is 472 g/mol. The molecule has 3 heterocycles. The average molecular weight is 496 g/mol. The summed E-state index contributed by atoms with van der Waals surface area (Å²) in [5, 5.41) is 2.97. The molecule has 0 saturated carbocycles. The Morgan fingerprint density at radius 1 is 1.03 bits per heavy atom. The fourth-order valence-electron chi connectivity index (χ4n) is 5.31. The first-order chi connectivity index (χ1) is 17.8. The molecule has 6 rings (SSSR count). The lowest BCUT2D eigenvalue weighted by Crippen LogP contribution is -2.24. The molecular formula is C30H23F2N3O2. The number of carbonyl (C=O) groups is 1. The summed E-state index contributed by atoms with van der Waals surface area (Å²) in [4.78, 5) is 17.3. The average Bonchev–Trinajstić information content (AvgIpc) is 3.44. The van der Waals surface area contributed by atoms with E-state index in [1.54, 1.807) is 18.2 Å². The van der Waals surface area contributed by atoms with Crippen molar-refractivity contribution in [3.05, 3.63) is 124 Å². The molecule has 3 aromatic carbocycles. The highest BCUT2D eigenvalue weighted by atomic mass is 19.1. The Bertz CT molecular complexity index is 1620. The van der Waals surface area contributed by atoms with Crippen LogP contribution in [0.1, 0.15) is 61.6 Å². The molecule has 184 valence electrons. The monoisotopic (exact) mass is 495 g/mol. The van der Waals surface area contributed by atoms with Crippen molar-refractivity contribution in [2.75, 3.05) is 5.73 Å². The topological polar surface area (TPSA) is 77.2 Å². The van der Waals surface area contributed by atoms with E-state index in [1.807, 2.05) is 37.3 Å². The number of aryl methyl sites for hydroxylation is 1. The van der Waals surface area contributed by atoms with Gasteiger partial charge in [-0.15, -0.1) is 0 Å². The standard InChI is InChI=1S/C30H23F2N3O2/c1-3-16-12-27(33)35-15(2)25(16)14-34-30(36)18-5-8-22-24(11-18)29-23-10-17(4-7-21(23)28(22)37-29)20-9-6-19(31)13-26(20)32/h3-13,28-29H,1,14H2,2H3,(H2,33,35)(H,34,36). The van der Waals surface area contributed by atoms with Crippen LogP contribution in [0, 0.1) is 18.6 Å². The number of fused-ring (bicyclic) bond motifs is 8. The number of benzene rings is 3. The second kappa shape index (κ2) is 8.64. The van der Waals surface area contributed by atoms with Crippen molar-refractivity contribution < 1.29 is 18.3 Å². The summed E-state index contributed by atoms with van der Waals surface area (Å²) >= 11 is 0. The number of amides is 1. The molecule has 1 amide bonds. The second-order valence-corrected chi connectivity index (χ2v) is 9.29. The number of nitrogens with two attached hydrogens (primary N) is 1. The number of nitrogen functional groups attached to an aromatic ring is 1. The third-order valence-electron chi connectivity index (χ3n) is 7.11. The van der Waals surface area contributed by atoms with Crippen LogP contribution in [0.25, 0.3) is 17.2 Å². The van der Waals surface area contributed by atoms with E-state index in [-0.39, 0.29) is 24.7 Å². The van der Waals surface area contributed by atoms with Gasteiger partial charge in [0.2, 0.25) is 0 Å². The Labute approximate surface area is 212 Å². The van der Waals surface area contributed by atoms with E-state index in [4.69, 9.17) is 10.5 Å². The number of hydrogen-bond donors (Lipinski definition) is 2. The Balaban J connectivity index is 1.27. The van der Waals surface area contributed by atoms with Gasteiger partial charge >= 0.3 is 0 Å². The van der Waals surface area contributed by atoms with Crippen molar-refractivity contribution in [1.82, 2.24) is 10.3 Å². The van der Waals surface area contributed by atoms with Crippen LogP contribution in [0.3, 0.4) is 0 Å². The molecule has 4 aromatic rings. The van der Waals surface area contributed by atoms with Gasteiger partial charge in [-0.1, -0.05) is 30.9 Å². The van der Waals surface area contributed by atoms with Crippen LogP contribution in [0.15, 0.2) is 67.2 Å². The van der Waals surface area contributed by atoms with Crippen LogP contribution in [-0.4, -0.2) is 10.9 Å². The van der Waals surface area contributed by atoms with Crippen molar-refractivity contribution in [3.63, 3.8) is 0 Å². The van der Waals surface area contributed by atoms with Crippen LogP contribution in [0.2, 0.25) is 0 Å². The minimum absolute atomic E-state index is 0.223. The fraction of sp³-hybridized carbons (Fsp3) is 0.133. The van der Waals surface area contributed by atoms with Gasteiger partial charge in [0.15, 0.2) is 0 Å². The third kappa shape index (κ3) is 3.79. The Kier molecular flexibility index (Phi) is 5.38. The van der Waals surface area contributed by atoms with E-state index < -0.39 is 11.6 Å². The lowest BCUT2D eigenvalue weighted by Gasteiger charge is -2.18. The number of pyridine rings is 1. The van der Waals surface area contributed by atoms with E-state index in [0.717, 1.165) is 45.1 Å². The molecule has 3 N–H and O–H groups in total. The molecule has 2 unspecified atom stereocenters. The highest BCUT2D eigenvalue weighted by molar-refractivity contribution is 5.94. The van der Waals surface area contributed by atoms with Gasteiger partial charge in [-0.3, -0.25) is 4.79 Å². The first-order valence-corrected chi connectivity index (χ1v) is 11.9. The highest BCUT2D eigenvalue weighted by Crippen LogP contribution is 2.54. The molecule has 0 fully saturated rings. The largest absolute Gasteiger partial charge is 0.384 e. The van der Waals surface area contributed by atoms with Gasteiger partial charge in [0.05, 0.1) is 0 Å². The maximum Gasteiger partial charge on any atom is 0.251 e. The minimum Gasteiger partial charge on any atom is -0.384 e. The van der Waals surface area contributed by atoms with Gasteiger partial charge in [-0.05, 0) is 82.3 Å². The van der Waals surface area contributed by atoms with Crippen molar-refractivity contribution >= 4 is 17.8 Å². The number of rotatable bonds is 5. The van der Waals surface area contributed by atoms with Crippen LogP contribution < -0.4 is 11.1 Å². The predicted molar refractivity (Wildman–Crippen MR) is 138 cm³/mol. The number of anilines is 1. The number of hydrogen-bond acceptors (Lipinski definition) is 4. The Morgan fingerprint density at radius 2 is 1.76 bits per heavy atom. The number of halogens is 2. The molecule has 2 aliphatic heterocycles. The van der Waals surface area contributed by atoms with E-state index >= 15 is 0 Å². The number of carbonyl (C=O) groups excluding carboxylic acids is 1. The molecule has 2 bridgehead atoms. The van der Waals surface area contributed by atoms with Crippen molar-refractivity contribution in [1.29, 1.82) is 0 Å². The zero-order valence-corrected chi connectivity index (χ0v) is 20.0. The van der Waals surface area contributed by atoms with Gasteiger partial charge in [0.1, 0.15) is 29.7 Å². The molecule has 2 aliphatic rings. The summed E-state index contributed by atoms with van der Waals surface area (Å²) in [7, 11) is 0. The van der Waals surface area contributed by atoms with Crippen molar-refractivity contribution in [2.45, 2.75) is 25.7 Å². The summed E-state index contributed by atoms with van der Waals surface area (Å²) in [6.45, 7) is 5.96. The molecule has 37 heavy (non-hydrogen) atoms. The SMILES string of the molecule is C=Cc1cc(N)nc(C)c1CNC(=O)c1ccc2c(c1)C1OC2c2ccc(-c3ccc(F)cc3F)cc21. The Morgan fingerprint density at radius 3 is 2.51 bits per heavy atom. The molecule has 0 radical (unpaired) electrons. The maximum atomic E-state index is 14.4. The molecule has 2 atom stereocenters. The highest BCUT2D eigenvalue weighted by Gasteiger charge is 2.43. The zero-order chi connectivity index (χ0) is 25.8. The smallest absolute Gasteiger partial charge is 0.251 e. The fourth-order valence-corrected chi connectivity index (χ4v) is 5.31. The second-order valence-electron chi connectivity index (χ2n) is 9.29. The maximum absolute atomic E-state index is 14.4. The van der Waals surface area contributed by atoms with Crippen LogP contribution in [-0.2, 0) is 11.3 Å². The van der Waals surface area contributed by atoms with Crippen LogP contribution in [0.4, 0.5) is 14.6 Å². The summed E-state index contributed by atoms with van der Waals surface area (Å²) in [5.41, 5.74) is 13.6. The normalized spacial score (nSPS) is 16.8. The minimum atomic E-state index is -0.618. The summed E-state index contributed by atoms with van der Waals surface area (Å²) < 4.78 is 34.1. The van der Waals surface area contributed by atoms with Crippen LogP contribution in [0.5, 0.6) is 0 Å². The number of aromatic nitrogens is 1. The molecule has 0 aliphatic carbocycles. The zero-order valence-electron chi connectivity index (χ0n) is 20.0. The van der Waals surface area contributed by atoms with E-state index in [9.17, 15) is 13.6 Å². The molecule has 1 aromatic heterocycles. The first kappa shape index (κ1) is 23.1. The van der Waals surface area contributed by atoms with Crippen molar-refractivity contribution in [3.8, 4) is 11.1 Å². The van der Waals surface area contributed by atoms with Gasteiger partial charge in [-0.25, -0.2) is 13.8 Å². The summed E-state index contributed by atoms with van der Waals surface area (Å²) in [6.07, 6.45) is 1.10. The number of ether oxygens (including phenoxy) is 1. The Hall–Kier alpha value is -4.36.